The van der Waals surface area contributed by atoms with Crippen LogP contribution >= 0.6 is 0 Å². The van der Waals surface area contributed by atoms with E-state index in [1.165, 1.54) is 31.2 Å². The molecule has 1 aliphatic heterocycles. The van der Waals surface area contributed by atoms with Gasteiger partial charge in [-0.3, -0.25) is 0 Å². The Morgan fingerprint density at radius 1 is 1.36 bits per heavy atom. The van der Waals surface area contributed by atoms with Crippen molar-refractivity contribution in [1.29, 1.82) is 0 Å². The minimum Gasteiger partial charge on any atom is -0.487 e. The first kappa shape index (κ1) is 8.34. The third-order valence-electron chi connectivity index (χ3n) is 3.87. The maximum absolute atomic E-state index is 6.14. The number of ether oxygens (including phenoxy) is 1. The average Bonchev–Trinajstić information content (AvgIpc) is 2.54. The van der Waals surface area contributed by atoms with Gasteiger partial charge in [0.15, 0.2) is 0 Å². The van der Waals surface area contributed by atoms with Crippen molar-refractivity contribution in [2.75, 3.05) is 0 Å². The third-order valence-corrected chi connectivity index (χ3v) is 3.87. The van der Waals surface area contributed by atoms with Crippen molar-refractivity contribution in [3.05, 3.63) is 29.8 Å². The Morgan fingerprint density at radius 2 is 2.21 bits per heavy atom. The van der Waals surface area contributed by atoms with E-state index in [0.29, 0.717) is 0 Å². The van der Waals surface area contributed by atoms with Crippen LogP contribution in [0.15, 0.2) is 24.3 Å². The molecule has 0 spiro atoms. The Balaban J connectivity index is 2.02. The van der Waals surface area contributed by atoms with Crippen LogP contribution < -0.4 is 4.74 Å². The van der Waals surface area contributed by atoms with Crippen LogP contribution in [0.4, 0.5) is 0 Å². The van der Waals surface area contributed by atoms with E-state index in [9.17, 15) is 0 Å². The first-order valence-electron chi connectivity index (χ1n) is 5.55. The van der Waals surface area contributed by atoms with Gasteiger partial charge in [0, 0.05) is 5.92 Å². The lowest BCUT2D eigenvalue weighted by molar-refractivity contribution is 0.0325. The van der Waals surface area contributed by atoms with Gasteiger partial charge in [0.1, 0.15) is 11.4 Å². The standard InChI is InChI=1S/C13H16O/c1-13-8-4-6-11(13)9-10-5-2-3-7-12(10)14-13/h2-3,5,7,11H,4,6,8-9H2,1H3/t11-,13+/m1/s1. The van der Waals surface area contributed by atoms with Crippen LogP contribution in [-0.2, 0) is 6.42 Å². The molecule has 0 radical (unpaired) electrons. The maximum Gasteiger partial charge on any atom is 0.123 e. The number of benzene rings is 1. The lowest BCUT2D eigenvalue weighted by atomic mass is 9.84. The fourth-order valence-electron chi connectivity index (χ4n) is 2.95. The lowest BCUT2D eigenvalue weighted by Gasteiger charge is -2.38. The van der Waals surface area contributed by atoms with E-state index in [0.717, 1.165) is 11.7 Å². The van der Waals surface area contributed by atoms with E-state index in [2.05, 4.69) is 31.2 Å². The molecule has 1 heterocycles. The van der Waals surface area contributed by atoms with Crippen LogP contribution in [0.2, 0.25) is 0 Å². The quantitative estimate of drug-likeness (QED) is 0.607. The SMILES string of the molecule is C[C@]12CCC[C@@H]1Cc1ccccc1O2. The molecule has 0 aromatic heterocycles. The van der Waals surface area contributed by atoms with Crippen LogP contribution in [0, 0.1) is 5.92 Å². The van der Waals surface area contributed by atoms with Crippen LogP contribution in [0.25, 0.3) is 0 Å². The number of para-hydroxylation sites is 1. The molecule has 1 heteroatoms. The number of fused-ring (bicyclic) bond motifs is 2. The predicted molar refractivity (Wildman–Crippen MR) is 56.5 cm³/mol. The van der Waals surface area contributed by atoms with Crippen LogP contribution in [0.1, 0.15) is 31.7 Å². The van der Waals surface area contributed by atoms with Crippen LogP contribution in [0.3, 0.4) is 0 Å². The summed E-state index contributed by atoms with van der Waals surface area (Å²) < 4.78 is 6.14. The normalized spacial score (nSPS) is 34.5. The third kappa shape index (κ3) is 1.08. The maximum atomic E-state index is 6.14. The molecular formula is C13H16O. The highest BCUT2D eigenvalue weighted by atomic mass is 16.5. The summed E-state index contributed by atoms with van der Waals surface area (Å²) in [5, 5.41) is 0. The van der Waals surface area contributed by atoms with Gasteiger partial charge >= 0.3 is 0 Å². The van der Waals surface area contributed by atoms with Gasteiger partial charge in [0.25, 0.3) is 0 Å². The van der Waals surface area contributed by atoms with E-state index in [4.69, 9.17) is 4.74 Å². The zero-order valence-corrected chi connectivity index (χ0v) is 8.62. The van der Waals surface area contributed by atoms with Gasteiger partial charge in [0.05, 0.1) is 0 Å². The van der Waals surface area contributed by atoms with Crippen molar-refractivity contribution in [1.82, 2.24) is 0 Å². The Labute approximate surface area is 85.1 Å². The summed E-state index contributed by atoms with van der Waals surface area (Å²) in [5.41, 5.74) is 1.53. The van der Waals surface area contributed by atoms with Gasteiger partial charge in [-0.2, -0.15) is 0 Å². The molecule has 0 bridgehead atoms. The molecular weight excluding hydrogens is 172 g/mol. The molecule has 1 aliphatic carbocycles. The second-order valence-corrected chi connectivity index (χ2v) is 4.82. The Kier molecular flexibility index (Phi) is 1.64. The summed E-state index contributed by atoms with van der Waals surface area (Å²) in [7, 11) is 0. The van der Waals surface area contributed by atoms with E-state index in [-0.39, 0.29) is 5.60 Å². The minimum atomic E-state index is 0.133. The average molecular weight is 188 g/mol. The van der Waals surface area contributed by atoms with E-state index in [1.54, 1.807) is 0 Å². The van der Waals surface area contributed by atoms with Crippen molar-refractivity contribution >= 4 is 0 Å². The fraction of sp³-hybridized carbons (Fsp3) is 0.538. The number of hydrogen-bond acceptors (Lipinski definition) is 1. The summed E-state index contributed by atoms with van der Waals surface area (Å²) >= 11 is 0. The van der Waals surface area contributed by atoms with Gasteiger partial charge in [-0.1, -0.05) is 18.2 Å². The van der Waals surface area contributed by atoms with Crippen LogP contribution in [-0.4, -0.2) is 5.60 Å². The summed E-state index contributed by atoms with van der Waals surface area (Å²) in [5.74, 6) is 1.87. The zero-order chi connectivity index (χ0) is 9.60. The number of rotatable bonds is 0. The molecule has 1 aromatic rings. The zero-order valence-electron chi connectivity index (χ0n) is 8.62. The molecule has 1 nitrogen and oxygen atoms in total. The molecule has 0 saturated heterocycles. The molecule has 0 amide bonds. The first-order chi connectivity index (χ1) is 6.78. The summed E-state index contributed by atoms with van der Waals surface area (Å²) in [4.78, 5) is 0. The smallest absolute Gasteiger partial charge is 0.123 e. The van der Waals surface area contributed by atoms with Gasteiger partial charge in [0.2, 0.25) is 0 Å². The monoisotopic (exact) mass is 188 g/mol. The highest BCUT2D eigenvalue weighted by Crippen LogP contribution is 2.46. The van der Waals surface area contributed by atoms with Gasteiger partial charge in [-0.15, -0.1) is 0 Å². The fourth-order valence-corrected chi connectivity index (χ4v) is 2.95. The predicted octanol–water partition coefficient (Wildman–Crippen LogP) is 3.18. The largest absolute Gasteiger partial charge is 0.487 e. The van der Waals surface area contributed by atoms with E-state index >= 15 is 0 Å². The van der Waals surface area contributed by atoms with Crippen molar-refractivity contribution in [2.24, 2.45) is 5.92 Å². The van der Waals surface area contributed by atoms with Crippen LogP contribution in [0.5, 0.6) is 5.75 Å². The van der Waals surface area contributed by atoms with Gasteiger partial charge < -0.3 is 4.74 Å². The molecule has 1 aromatic carbocycles. The van der Waals surface area contributed by atoms with Gasteiger partial charge in [-0.05, 0) is 44.2 Å². The molecule has 2 atom stereocenters. The summed E-state index contributed by atoms with van der Waals surface area (Å²) in [6.45, 7) is 2.28. The highest BCUT2D eigenvalue weighted by molar-refractivity contribution is 5.37. The molecule has 74 valence electrons. The molecule has 3 rings (SSSR count). The molecule has 0 unspecified atom stereocenters. The molecule has 14 heavy (non-hydrogen) atoms. The van der Waals surface area contributed by atoms with E-state index in [1.807, 2.05) is 0 Å². The molecule has 0 N–H and O–H groups in total. The van der Waals surface area contributed by atoms with Crippen molar-refractivity contribution in [3.8, 4) is 5.75 Å². The summed E-state index contributed by atoms with van der Waals surface area (Å²) in [6.07, 6.45) is 5.11. The summed E-state index contributed by atoms with van der Waals surface area (Å²) in [6, 6.07) is 8.49. The van der Waals surface area contributed by atoms with Crippen molar-refractivity contribution in [3.63, 3.8) is 0 Å². The van der Waals surface area contributed by atoms with E-state index < -0.39 is 0 Å². The molecule has 1 saturated carbocycles. The lowest BCUT2D eigenvalue weighted by Crippen LogP contribution is -2.40. The van der Waals surface area contributed by atoms with Crippen molar-refractivity contribution < 1.29 is 4.74 Å². The molecule has 2 aliphatic rings. The second kappa shape index (κ2) is 2.75. The molecule has 1 fully saturated rings. The first-order valence-corrected chi connectivity index (χ1v) is 5.55. The Bertz CT molecular complexity index is 358. The number of hydrogen-bond donors (Lipinski definition) is 0. The topological polar surface area (TPSA) is 9.23 Å². The minimum absolute atomic E-state index is 0.133. The highest BCUT2D eigenvalue weighted by Gasteiger charge is 2.43. The Morgan fingerprint density at radius 3 is 3.14 bits per heavy atom. The van der Waals surface area contributed by atoms with Gasteiger partial charge in [-0.25, -0.2) is 0 Å². The second-order valence-electron chi connectivity index (χ2n) is 4.82. The van der Waals surface area contributed by atoms with Crippen molar-refractivity contribution in [2.45, 2.75) is 38.2 Å². The Hall–Kier alpha value is -0.980.